The Balaban J connectivity index is 1.85. The minimum absolute atomic E-state index is 0.292. The maximum absolute atomic E-state index is 11.8. The molecule has 3 atom stereocenters. The van der Waals surface area contributed by atoms with Gasteiger partial charge in [-0.3, -0.25) is 4.79 Å². The van der Waals surface area contributed by atoms with Crippen LogP contribution in [0.25, 0.3) is 0 Å². The summed E-state index contributed by atoms with van der Waals surface area (Å²) in [5, 5.41) is 13.0. The summed E-state index contributed by atoms with van der Waals surface area (Å²) < 4.78 is 0. The lowest BCUT2D eigenvalue weighted by Gasteiger charge is -2.33. The first-order valence-corrected chi connectivity index (χ1v) is 8.83. The van der Waals surface area contributed by atoms with Crippen LogP contribution >= 0.6 is 0 Å². The molecule has 1 saturated carbocycles. The fourth-order valence-electron chi connectivity index (χ4n) is 4.47. The number of likely N-dealkylation sites (N-methyl/N-ethyl adjacent to an activating group) is 1. The SMILES string of the molecule is CCCC1CCN(CCC2CCCC2(NCC)C(=O)O)C1. The predicted octanol–water partition coefficient (Wildman–Crippen LogP) is 2.73. The Morgan fingerprint density at radius 1 is 1.33 bits per heavy atom. The van der Waals surface area contributed by atoms with Crippen LogP contribution in [-0.4, -0.2) is 47.7 Å². The van der Waals surface area contributed by atoms with Crippen molar-refractivity contribution < 1.29 is 9.90 Å². The average molecular weight is 296 g/mol. The monoisotopic (exact) mass is 296 g/mol. The number of likely N-dealkylation sites (tertiary alicyclic amines) is 1. The maximum Gasteiger partial charge on any atom is 0.324 e. The number of nitrogens with zero attached hydrogens (tertiary/aromatic N) is 1. The average Bonchev–Trinajstić information content (AvgIpc) is 3.05. The quantitative estimate of drug-likeness (QED) is 0.723. The summed E-state index contributed by atoms with van der Waals surface area (Å²) in [5.74, 6) is 0.522. The van der Waals surface area contributed by atoms with E-state index in [4.69, 9.17) is 0 Å². The molecule has 1 saturated heterocycles. The number of aliphatic carboxylic acids is 1. The summed E-state index contributed by atoms with van der Waals surface area (Å²) in [6.07, 6.45) is 7.88. The molecule has 122 valence electrons. The number of carbonyl (C=O) groups is 1. The largest absolute Gasteiger partial charge is 0.480 e. The van der Waals surface area contributed by atoms with Gasteiger partial charge in [-0.1, -0.05) is 26.7 Å². The smallest absolute Gasteiger partial charge is 0.324 e. The van der Waals surface area contributed by atoms with Gasteiger partial charge in [-0.05, 0) is 63.6 Å². The number of carboxylic acids is 1. The topological polar surface area (TPSA) is 52.6 Å². The van der Waals surface area contributed by atoms with Gasteiger partial charge in [-0.25, -0.2) is 0 Å². The summed E-state index contributed by atoms with van der Waals surface area (Å²) in [6.45, 7) is 8.52. The lowest BCUT2D eigenvalue weighted by molar-refractivity contribution is -0.146. The summed E-state index contributed by atoms with van der Waals surface area (Å²) in [4.78, 5) is 14.3. The molecule has 1 heterocycles. The maximum atomic E-state index is 11.8. The third-order valence-electron chi connectivity index (χ3n) is 5.56. The van der Waals surface area contributed by atoms with Crippen molar-refractivity contribution in [3.8, 4) is 0 Å². The zero-order valence-electron chi connectivity index (χ0n) is 13.7. The molecule has 0 amide bonds. The van der Waals surface area contributed by atoms with Crippen molar-refractivity contribution in [1.82, 2.24) is 10.2 Å². The molecule has 3 unspecified atom stereocenters. The Labute approximate surface area is 129 Å². The van der Waals surface area contributed by atoms with E-state index in [1.807, 2.05) is 6.92 Å². The van der Waals surface area contributed by atoms with Crippen LogP contribution in [0, 0.1) is 11.8 Å². The lowest BCUT2D eigenvalue weighted by atomic mass is 9.84. The summed E-state index contributed by atoms with van der Waals surface area (Å²) in [5.41, 5.74) is -0.655. The predicted molar refractivity (Wildman–Crippen MR) is 85.5 cm³/mol. The first-order chi connectivity index (χ1) is 10.1. The van der Waals surface area contributed by atoms with Gasteiger partial charge < -0.3 is 15.3 Å². The molecule has 2 fully saturated rings. The first kappa shape index (κ1) is 16.8. The van der Waals surface area contributed by atoms with E-state index in [1.165, 1.54) is 32.4 Å². The summed E-state index contributed by atoms with van der Waals surface area (Å²) in [6, 6.07) is 0. The minimum atomic E-state index is -0.655. The van der Waals surface area contributed by atoms with E-state index >= 15 is 0 Å². The fourth-order valence-corrected chi connectivity index (χ4v) is 4.47. The van der Waals surface area contributed by atoms with Gasteiger partial charge in [0.25, 0.3) is 0 Å². The molecule has 0 aromatic rings. The second-order valence-corrected chi connectivity index (χ2v) is 6.93. The molecule has 0 spiro atoms. The van der Waals surface area contributed by atoms with Gasteiger partial charge in [-0.2, -0.15) is 0 Å². The molecular weight excluding hydrogens is 264 g/mol. The van der Waals surface area contributed by atoms with Crippen molar-refractivity contribution in [3.05, 3.63) is 0 Å². The van der Waals surface area contributed by atoms with Crippen LogP contribution in [-0.2, 0) is 4.79 Å². The molecular formula is C17H32N2O2. The molecule has 2 aliphatic rings. The fraction of sp³-hybridized carbons (Fsp3) is 0.941. The number of carboxylic acid groups (broad SMARTS) is 1. The van der Waals surface area contributed by atoms with Gasteiger partial charge in [0.05, 0.1) is 0 Å². The van der Waals surface area contributed by atoms with Crippen molar-refractivity contribution >= 4 is 5.97 Å². The molecule has 1 aliphatic heterocycles. The lowest BCUT2D eigenvalue weighted by Crippen LogP contribution is -2.55. The Morgan fingerprint density at radius 3 is 2.81 bits per heavy atom. The van der Waals surface area contributed by atoms with Gasteiger partial charge in [0, 0.05) is 6.54 Å². The Bertz CT molecular complexity index is 348. The summed E-state index contributed by atoms with van der Waals surface area (Å²) >= 11 is 0. The number of hydrogen-bond acceptors (Lipinski definition) is 3. The molecule has 2 rings (SSSR count). The second kappa shape index (κ2) is 7.59. The molecule has 1 aliphatic carbocycles. The van der Waals surface area contributed by atoms with Crippen LogP contribution in [0.2, 0.25) is 0 Å². The van der Waals surface area contributed by atoms with Gasteiger partial charge in [0.1, 0.15) is 5.54 Å². The van der Waals surface area contributed by atoms with Crippen LogP contribution < -0.4 is 5.32 Å². The second-order valence-electron chi connectivity index (χ2n) is 6.93. The van der Waals surface area contributed by atoms with Crippen molar-refractivity contribution in [1.29, 1.82) is 0 Å². The molecule has 0 radical (unpaired) electrons. The summed E-state index contributed by atoms with van der Waals surface area (Å²) in [7, 11) is 0. The van der Waals surface area contributed by atoms with Gasteiger partial charge in [0.15, 0.2) is 0 Å². The Hall–Kier alpha value is -0.610. The highest BCUT2D eigenvalue weighted by molar-refractivity contribution is 5.79. The van der Waals surface area contributed by atoms with Crippen LogP contribution in [0.1, 0.15) is 58.8 Å². The van der Waals surface area contributed by atoms with Gasteiger partial charge >= 0.3 is 5.97 Å². The van der Waals surface area contributed by atoms with Crippen molar-refractivity contribution in [2.75, 3.05) is 26.2 Å². The van der Waals surface area contributed by atoms with E-state index in [-0.39, 0.29) is 0 Å². The highest BCUT2D eigenvalue weighted by Crippen LogP contribution is 2.38. The minimum Gasteiger partial charge on any atom is -0.480 e. The number of hydrogen-bond donors (Lipinski definition) is 2. The van der Waals surface area contributed by atoms with E-state index in [0.717, 1.165) is 44.7 Å². The van der Waals surface area contributed by atoms with Gasteiger partial charge in [0.2, 0.25) is 0 Å². The van der Waals surface area contributed by atoms with Crippen LogP contribution in [0.15, 0.2) is 0 Å². The third kappa shape index (κ3) is 3.78. The number of rotatable bonds is 8. The molecule has 21 heavy (non-hydrogen) atoms. The van der Waals surface area contributed by atoms with Gasteiger partial charge in [-0.15, -0.1) is 0 Å². The molecule has 0 bridgehead atoms. The normalized spacial score (nSPS) is 33.6. The van der Waals surface area contributed by atoms with Crippen LogP contribution in [0.5, 0.6) is 0 Å². The van der Waals surface area contributed by atoms with E-state index in [1.54, 1.807) is 0 Å². The standard InChI is InChI=1S/C17H32N2O2/c1-3-6-14-8-11-19(13-14)12-9-15-7-5-10-17(15,16(20)21)18-4-2/h14-15,18H,3-13H2,1-2H3,(H,20,21). The number of nitrogens with one attached hydrogen (secondary N) is 1. The first-order valence-electron chi connectivity index (χ1n) is 8.83. The van der Waals surface area contributed by atoms with Crippen molar-refractivity contribution in [2.45, 2.75) is 64.3 Å². The molecule has 0 aromatic heterocycles. The van der Waals surface area contributed by atoms with E-state index in [2.05, 4.69) is 17.1 Å². The van der Waals surface area contributed by atoms with Crippen molar-refractivity contribution in [3.63, 3.8) is 0 Å². The molecule has 2 N–H and O–H groups in total. The molecule has 0 aromatic carbocycles. The Kier molecular flexibility index (Phi) is 6.06. The molecule has 4 heteroatoms. The van der Waals surface area contributed by atoms with Crippen LogP contribution in [0.3, 0.4) is 0 Å². The highest BCUT2D eigenvalue weighted by atomic mass is 16.4. The zero-order valence-corrected chi connectivity index (χ0v) is 13.7. The Morgan fingerprint density at radius 2 is 2.14 bits per heavy atom. The zero-order chi connectivity index (χ0) is 15.3. The van der Waals surface area contributed by atoms with E-state index < -0.39 is 11.5 Å². The molecule has 4 nitrogen and oxygen atoms in total. The van der Waals surface area contributed by atoms with E-state index in [9.17, 15) is 9.90 Å². The highest BCUT2D eigenvalue weighted by Gasteiger charge is 2.48. The van der Waals surface area contributed by atoms with Crippen LogP contribution in [0.4, 0.5) is 0 Å². The van der Waals surface area contributed by atoms with E-state index in [0.29, 0.717) is 5.92 Å². The van der Waals surface area contributed by atoms with Crippen molar-refractivity contribution in [2.24, 2.45) is 11.8 Å². The third-order valence-corrected chi connectivity index (χ3v) is 5.56.